The molecule has 0 spiro atoms. The first-order valence-corrected chi connectivity index (χ1v) is 19.0. The van der Waals surface area contributed by atoms with E-state index in [2.05, 4.69) is 54.6 Å². The molecule has 0 aliphatic heterocycles. The summed E-state index contributed by atoms with van der Waals surface area (Å²) in [6.45, 7) is 7.17. The summed E-state index contributed by atoms with van der Waals surface area (Å²) in [4.78, 5) is 8.20. The minimum atomic E-state index is -3.85. The average Bonchev–Trinajstić information content (AvgIpc) is 2.70. The van der Waals surface area contributed by atoms with E-state index in [1.807, 2.05) is 0 Å². The fourth-order valence-corrected chi connectivity index (χ4v) is 9.88. The number of aromatic nitrogens is 2. The van der Waals surface area contributed by atoms with Crippen molar-refractivity contribution in [3.8, 4) is 5.75 Å². The summed E-state index contributed by atoms with van der Waals surface area (Å²) in [6, 6.07) is 5.17. The maximum Gasteiger partial charge on any atom is 0.260 e. The smallest absolute Gasteiger partial charge is 0.260 e. The first-order valence-electron chi connectivity index (χ1n) is 10.6. The van der Waals surface area contributed by atoms with Gasteiger partial charge in [0.15, 0.2) is 0 Å². The van der Waals surface area contributed by atoms with Crippen molar-refractivity contribution in [2.24, 2.45) is 3.77 Å². The molecule has 0 aliphatic rings. The summed E-state index contributed by atoms with van der Waals surface area (Å²) in [6.07, 6.45) is 4.31. The molecule has 1 aromatic heterocycles. The van der Waals surface area contributed by atoms with Gasteiger partial charge in [-0.2, -0.15) is 4.98 Å². The number of unbranched alkanes of at least 4 members (excludes halogenated alkanes) is 1. The van der Waals surface area contributed by atoms with E-state index in [9.17, 15) is 12.6 Å². The molecule has 1 unspecified atom stereocenters. The molecule has 0 fully saturated rings. The largest absolute Gasteiger partial charge is 0.492 e. The van der Waals surface area contributed by atoms with Gasteiger partial charge in [-0.3, -0.25) is 0 Å². The standard InChI is InChI=1S/C20H31BrClN5O4S2Si/c1-32(28,27-33(29,30)11-12-34(2,3)4)18-8-7-15(23)13-17(18)31-10-6-5-9-24-19-16(21)14-25-20(22)26-19/h7-8,13-14H,5-6,9-12,23H2,1-4H3,(H,24,25,26). The maximum absolute atomic E-state index is 13.3. The Morgan fingerprint density at radius 1 is 1.24 bits per heavy atom. The second-order valence-electron chi connectivity index (χ2n) is 9.00. The summed E-state index contributed by atoms with van der Waals surface area (Å²) in [7, 11) is -8.69. The van der Waals surface area contributed by atoms with Crippen LogP contribution in [0.5, 0.6) is 5.75 Å². The second kappa shape index (κ2) is 12.0. The van der Waals surface area contributed by atoms with Gasteiger partial charge in [-0.05, 0) is 58.5 Å². The van der Waals surface area contributed by atoms with Gasteiger partial charge in [0, 0.05) is 38.8 Å². The zero-order chi connectivity index (χ0) is 25.6. The Balaban J connectivity index is 2.03. The minimum Gasteiger partial charge on any atom is -0.492 e. The van der Waals surface area contributed by atoms with Crippen LogP contribution in [0.1, 0.15) is 12.8 Å². The van der Waals surface area contributed by atoms with Crippen LogP contribution in [0.3, 0.4) is 0 Å². The SMILES string of the molecule is C[Si](C)(C)CCS(=O)(=O)N=S(C)(=O)c1ccc(N)cc1OCCCCNc1nc(Cl)ncc1Br. The van der Waals surface area contributed by atoms with Crippen molar-refractivity contribution in [2.75, 3.05) is 36.2 Å². The highest BCUT2D eigenvalue weighted by Crippen LogP contribution is 2.29. The molecule has 0 amide bonds. The first kappa shape index (κ1) is 28.8. The summed E-state index contributed by atoms with van der Waals surface area (Å²) in [5.74, 6) is 0.760. The monoisotopic (exact) mass is 611 g/mol. The van der Waals surface area contributed by atoms with Crippen LogP contribution in [0.4, 0.5) is 11.5 Å². The van der Waals surface area contributed by atoms with Crippen molar-refractivity contribution in [3.63, 3.8) is 0 Å². The number of anilines is 2. The van der Waals surface area contributed by atoms with Crippen LogP contribution in [0, 0.1) is 0 Å². The van der Waals surface area contributed by atoms with Gasteiger partial charge < -0.3 is 15.8 Å². The molecule has 1 aromatic carbocycles. The van der Waals surface area contributed by atoms with Crippen molar-refractivity contribution < 1.29 is 17.4 Å². The van der Waals surface area contributed by atoms with Crippen LogP contribution in [-0.2, 0) is 19.8 Å². The lowest BCUT2D eigenvalue weighted by atomic mass is 10.3. The van der Waals surface area contributed by atoms with Crippen molar-refractivity contribution in [1.82, 2.24) is 9.97 Å². The lowest BCUT2D eigenvalue weighted by molar-refractivity contribution is 0.301. The Kier molecular flexibility index (Phi) is 10.2. The molecule has 34 heavy (non-hydrogen) atoms. The summed E-state index contributed by atoms with van der Waals surface area (Å²) < 4.78 is 48.7. The van der Waals surface area contributed by atoms with Crippen LogP contribution in [0.2, 0.25) is 31.0 Å². The van der Waals surface area contributed by atoms with Crippen LogP contribution in [0.15, 0.2) is 37.5 Å². The highest BCUT2D eigenvalue weighted by atomic mass is 79.9. The van der Waals surface area contributed by atoms with E-state index in [1.165, 1.54) is 12.3 Å². The van der Waals surface area contributed by atoms with Crippen LogP contribution >= 0.6 is 27.5 Å². The number of rotatable bonds is 12. The normalized spacial score (nSPS) is 13.8. The third kappa shape index (κ3) is 9.68. The second-order valence-corrected chi connectivity index (χ2v) is 20.0. The fraction of sp³-hybridized carbons (Fsp3) is 0.500. The van der Waals surface area contributed by atoms with E-state index in [4.69, 9.17) is 22.1 Å². The molecule has 0 saturated heterocycles. The Morgan fingerprint density at radius 3 is 2.62 bits per heavy atom. The number of nitrogen functional groups attached to an aromatic ring is 1. The third-order valence-electron chi connectivity index (χ3n) is 4.58. The molecule has 0 radical (unpaired) electrons. The number of nitrogens with one attached hydrogen (secondary N) is 1. The predicted octanol–water partition coefficient (Wildman–Crippen LogP) is 4.87. The van der Waals surface area contributed by atoms with E-state index in [-0.39, 0.29) is 21.7 Å². The number of hydrogen-bond acceptors (Lipinski definition) is 8. The number of nitrogens with zero attached hydrogens (tertiary/aromatic N) is 3. The number of sulfonamides is 1. The molecule has 0 saturated carbocycles. The van der Waals surface area contributed by atoms with Crippen LogP contribution in [0.25, 0.3) is 0 Å². The summed E-state index contributed by atoms with van der Waals surface area (Å²) in [5, 5.41) is 3.31. The van der Waals surface area contributed by atoms with E-state index >= 15 is 0 Å². The maximum atomic E-state index is 13.3. The summed E-state index contributed by atoms with van der Waals surface area (Å²) in [5.41, 5.74) is 6.30. The Labute approximate surface area is 216 Å². The van der Waals surface area contributed by atoms with E-state index < -0.39 is 27.8 Å². The molecular formula is C20H31BrClN5O4S2Si. The van der Waals surface area contributed by atoms with Gasteiger partial charge in [0.2, 0.25) is 5.28 Å². The van der Waals surface area contributed by atoms with Crippen molar-refractivity contribution in [3.05, 3.63) is 34.2 Å². The lowest BCUT2D eigenvalue weighted by Crippen LogP contribution is -2.23. The molecule has 0 bridgehead atoms. The Hall–Kier alpha value is -1.41. The third-order valence-corrected chi connectivity index (χ3v) is 11.4. The van der Waals surface area contributed by atoms with E-state index in [1.54, 1.807) is 18.3 Å². The molecule has 9 nitrogen and oxygen atoms in total. The van der Waals surface area contributed by atoms with Gasteiger partial charge in [-0.1, -0.05) is 19.6 Å². The van der Waals surface area contributed by atoms with Gasteiger partial charge in [-0.25, -0.2) is 17.6 Å². The molecule has 1 heterocycles. The van der Waals surface area contributed by atoms with Crippen LogP contribution < -0.4 is 15.8 Å². The molecular weight excluding hydrogens is 582 g/mol. The Bertz CT molecular complexity index is 1230. The molecule has 2 aromatic rings. The number of hydrogen-bond donors (Lipinski definition) is 2. The molecule has 2 rings (SSSR count). The molecule has 190 valence electrons. The highest BCUT2D eigenvalue weighted by molar-refractivity contribution is 9.10. The lowest BCUT2D eigenvalue weighted by Gasteiger charge is -2.15. The fourth-order valence-electron chi connectivity index (χ4n) is 2.77. The molecule has 14 heteroatoms. The van der Waals surface area contributed by atoms with E-state index in [0.29, 0.717) is 41.6 Å². The highest BCUT2D eigenvalue weighted by Gasteiger charge is 2.22. The van der Waals surface area contributed by atoms with Crippen molar-refractivity contribution in [2.45, 2.75) is 43.4 Å². The van der Waals surface area contributed by atoms with Gasteiger partial charge in [0.25, 0.3) is 10.0 Å². The van der Waals surface area contributed by atoms with Gasteiger partial charge in [0.1, 0.15) is 11.6 Å². The zero-order valence-corrected chi connectivity index (χ0v) is 24.7. The molecule has 3 N–H and O–H groups in total. The minimum absolute atomic E-state index is 0.112. The molecule has 1 atom stereocenters. The average molecular weight is 613 g/mol. The Morgan fingerprint density at radius 2 is 1.94 bits per heavy atom. The van der Waals surface area contributed by atoms with Gasteiger partial charge in [-0.15, -0.1) is 3.77 Å². The van der Waals surface area contributed by atoms with Gasteiger partial charge >= 0.3 is 0 Å². The number of halogens is 2. The molecule has 0 aliphatic carbocycles. The van der Waals surface area contributed by atoms with Crippen LogP contribution in [-0.4, -0.2) is 55.8 Å². The summed E-state index contributed by atoms with van der Waals surface area (Å²) >= 11 is 9.17. The van der Waals surface area contributed by atoms with E-state index in [0.717, 1.165) is 6.42 Å². The predicted molar refractivity (Wildman–Crippen MR) is 146 cm³/mol. The number of ether oxygens (including phenoxy) is 1. The number of nitrogens with two attached hydrogens (primary N) is 1. The zero-order valence-electron chi connectivity index (χ0n) is 19.7. The number of benzene rings is 1. The first-order chi connectivity index (χ1) is 15.7. The van der Waals surface area contributed by atoms with Gasteiger partial charge in [0.05, 0.1) is 31.5 Å². The topological polar surface area (TPSA) is 137 Å². The van der Waals surface area contributed by atoms with Crippen molar-refractivity contribution in [1.29, 1.82) is 0 Å². The quantitative estimate of drug-likeness (QED) is 0.150. The van der Waals surface area contributed by atoms with Crippen molar-refractivity contribution >= 4 is 66.9 Å².